The van der Waals surface area contributed by atoms with E-state index in [1.54, 1.807) is 23.9 Å². The summed E-state index contributed by atoms with van der Waals surface area (Å²) in [5.74, 6) is 0.00527. The molecule has 0 fully saturated rings. The highest BCUT2D eigenvalue weighted by Gasteiger charge is 2.15. The minimum atomic E-state index is -0.0799. The van der Waals surface area contributed by atoms with Gasteiger partial charge in [-0.2, -0.15) is 0 Å². The molecule has 4 rings (SSSR count). The van der Waals surface area contributed by atoms with E-state index in [1.807, 2.05) is 55.7 Å². The number of aryl methyl sites for hydroxylation is 1. The van der Waals surface area contributed by atoms with Gasteiger partial charge in [0.05, 0.1) is 30.6 Å². The molecular formula is C20H22N6OS. The van der Waals surface area contributed by atoms with Crippen LogP contribution >= 0.6 is 11.3 Å². The molecular weight excluding hydrogens is 372 g/mol. The Bertz CT molecular complexity index is 1160. The second-order valence-corrected chi connectivity index (χ2v) is 8.15. The van der Waals surface area contributed by atoms with Crippen molar-refractivity contribution in [2.24, 2.45) is 7.05 Å². The zero-order valence-corrected chi connectivity index (χ0v) is 17.1. The number of rotatable bonds is 5. The van der Waals surface area contributed by atoms with Crippen molar-refractivity contribution in [2.45, 2.75) is 13.0 Å². The minimum absolute atomic E-state index is 0.00527. The van der Waals surface area contributed by atoms with Crippen molar-refractivity contribution in [1.82, 2.24) is 29.7 Å². The van der Waals surface area contributed by atoms with Crippen molar-refractivity contribution in [1.29, 1.82) is 0 Å². The lowest BCUT2D eigenvalue weighted by Crippen LogP contribution is -2.34. The number of amides is 1. The van der Waals surface area contributed by atoms with Gasteiger partial charge in [-0.25, -0.2) is 15.0 Å². The van der Waals surface area contributed by atoms with Crippen molar-refractivity contribution >= 4 is 38.6 Å². The predicted octanol–water partition coefficient (Wildman–Crippen LogP) is 2.98. The molecule has 1 atom stereocenters. The molecule has 0 bridgehead atoms. The molecule has 0 spiro atoms. The first kappa shape index (κ1) is 18.5. The fraction of sp³-hybridized carbons (Fsp3) is 0.300. The number of benzene rings is 1. The number of likely N-dealkylation sites (N-methyl/N-ethyl adjacent to an activating group) is 1. The lowest BCUT2D eigenvalue weighted by molar-refractivity contribution is -0.122. The minimum Gasteiger partial charge on any atom is -0.348 e. The van der Waals surface area contributed by atoms with Crippen LogP contribution in [0.4, 0.5) is 0 Å². The second kappa shape index (κ2) is 7.29. The summed E-state index contributed by atoms with van der Waals surface area (Å²) in [5, 5.41) is 3.95. The second-order valence-electron chi connectivity index (χ2n) is 7.17. The van der Waals surface area contributed by atoms with Gasteiger partial charge < -0.3 is 14.8 Å². The Morgan fingerprint density at radius 3 is 2.93 bits per heavy atom. The summed E-state index contributed by atoms with van der Waals surface area (Å²) in [6, 6.07) is 8.06. The Morgan fingerprint density at radius 2 is 2.14 bits per heavy atom. The van der Waals surface area contributed by atoms with Crippen LogP contribution in [-0.4, -0.2) is 51.0 Å². The Morgan fingerprint density at radius 1 is 1.32 bits per heavy atom. The Balaban J connectivity index is 1.66. The molecule has 7 nitrogen and oxygen atoms in total. The number of hydrogen-bond acceptors (Lipinski definition) is 6. The highest BCUT2D eigenvalue weighted by atomic mass is 32.1. The van der Waals surface area contributed by atoms with Gasteiger partial charge in [-0.05, 0) is 32.6 Å². The third-order valence-corrected chi connectivity index (χ3v) is 5.59. The van der Waals surface area contributed by atoms with E-state index in [-0.39, 0.29) is 11.9 Å². The van der Waals surface area contributed by atoms with Gasteiger partial charge in [-0.15, -0.1) is 0 Å². The monoisotopic (exact) mass is 394 g/mol. The van der Waals surface area contributed by atoms with Gasteiger partial charge in [0.25, 0.3) is 0 Å². The maximum absolute atomic E-state index is 12.1. The fourth-order valence-electron chi connectivity index (χ4n) is 3.23. The molecule has 0 unspecified atom stereocenters. The number of imidazole rings is 1. The third-order valence-electron chi connectivity index (χ3n) is 4.57. The number of aromatic nitrogens is 4. The molecule has 0 aliphatic rings. The van der Waals surface area contributed by atoms with Crippen LogP contribution in [0.15, 0.2) is 36.8 Å². The van der Waals surface area contributed by atoms with Gasteiger partial charge in [-0.3, -0.25) is 4.79 Å². The smallest absolute Gasteiger partial charge is 0.234 e. The number of carbonyl (C=O) groups excluding carboxylic acids is 1. The average Bonchev–Trinajstić information content (AvgIpc) is 3.24. The van der Waals surface area contributed by atoms with Gasteiger partial charge >= 0.3 is 0 Å². The predicted molar refractivity (Wildman–Crippen MR) is 112 cm³/mol. The maximum Gasteiger partial charge on any atom is 0.234 e. The van der Waals surface area contributed by atoms with Gasteiger partial charge in [0.2, 0.25) is 5.91 Å². The van der Waals surface area contributed by atoms with Gasteiger partial charge in [0.1, 0.15) is 20.9 Å². The number of fused-ring (bicyclic) bond motifs is 3. The van der Waals surface area contributed by atoms with Crippen LogP contribution in [-0.2, 0) is 11.8 Å². The quantitative estimate of drug-likeness (QED) is 0.563. The van der Waals surface area contributed by atoms with E-state index in [9.17, 15) is 4.79 Å². The highest BCUT2D eigenvalue weighted by Crippen LogP contribution is 2.33. The van der Waals surface area contributed by atoms with Crippen LogP contribution in [0.25, 0.3) is 32.0 Å². The first-order valence-corrected chi connectivity index (χ1v) is 9.85. The Labute approximate surface area is 167 Å². The molecule has 0 radical (unpaired) electrons. The number of thiazole rings is 1. The van der Waals surface area contributed by atoms with E-state index >= 15 is 0 Å². The van der Waals surface area contributed by atoms with Crippen LogP contribution in [0.2, 0.25) is 0 Å². The summed E-state index contributed by atoms with van der Waals surface area (Å²) in [6.45, 7) is 2.36. The van der Waals surface area contributed by atoms with Crippen molar-refractivity contribution in [3.8, 4) is 10.6 Å². The fourth-order valence-corrected chi connectivity index (χ4v) is 4.14. The molecule has 1 amide bonds. The average molecular weight is 395 g/mol. The van der Waals surface area contributed by atoms with Gasteiger partial charge in [-0.1, -0.05) is 29.5 Å². The number of pyridine rings is 1. The molecule has 0 saturated carbocycles. The van der Waals surface area contributed by atoms with Crippen molar-refractivity contribution in [3.05, 3.63) is 42.4 Å². The lowest BCUT2D eigenvalue weighted by Gasteiger charge is -2.17. The molecule has 28 heavy (non-hydrogen) atoms. The van der Waals surface area contributed by atoms with E-state index in [0.717, 1.165) is 37.5 Å². The van der Waals surface area contributed by atoms with Crippen molar-refractivity contribution in [3.63, 3.8) is 0 Å². The van der Waals surface area contributed by atoms with Crippen molar-refractivity contribution in [2.75, 3.05) is 20.6 Å². The molecule has 3 heterocycles. The standard InChI is InChI=1S/C20H22N6OS/c1-12(23-16(27)10-25(2)3)13-6-5-7-14(8-13)19-24-17-18-15(22-11-26(18)4)9-21-20(17)28-19/h5-9,11-12H,10H2,1-4H3,(H,23,27)/t12-/m0/s1. The topological polar surface area (TPSA) is 75.9 Å². The molecule has 0 saturated heterocycles. The highest BCUT2D eigenvalue weighted by molar-refractivity contribution is 7.21. The van der Waals surface area contributed by atoms with E-state index in [2.05, 4.69) is 21.4 Å². The Hall–Kier alpha value is -2.84. The maximum atomic E-state index is 12.1. The summed E-state index contributed by atoms with van der Waals surface area (Å²) in [6.07, 6.45) is 3.57. The molecule has 3 aromatic heterocycles. The zero-order chi connectivity index (χ0) is 19.8. The molecule has 0 aliphatic carbocycles. The number of carbonyl (C=O) groups is 1. The van der Waals surface area contributed by atoms with E-state index in [1.165, 1.54) is 0 Å². The van der Waals surface area contributed by atoms with E-state index < -0.39 is 0 Å². The number of nitrogens with zero attached hydrogens (tertiary/aromatic N) is 5. The zero-order valence-electron chi connectivity index (χ0n) is 16.3. The number of nitrogens with one attached hydrogen (secondary N) is 1. The summed E-state index contributed by atoms with van der Waals surface area (Å²) < 4.78 is 1.97. The van der Waals surface area contributed by atoms with Crippen LogP contribution in [0.3, 0.4) is 0 Å². The first-order valence-electron chi connectivity index (χ1n) is 9.03. The van der Waals surface area contributed by atoms with Gasteiger partial charge in [0, 0.05) is 12.6 Å². The summed E-state index contributed by atoms with van der Waals surface area (Å²) >= 11 is 1.56. The SMILES string of the molecule is C[C@H](NC(=O)CN(C)C)c1cccc(-c2nc3c(ncc4ncn(C)c43)s2)c1. The van der Waals surface area contributed by atoms with Crippen molar-refractivity contribution < 1.29 is 4.79 Å². The molecule has 8 heteroatoms. The van der Waals surface area contributed by atoms with Crippen LogP contribution < -0.4 is 5.32 Å². The van der Waals surface area contributed by atoms with Crippen LogP contribution in [0.1, 0.15) is 18.5 Å². The summed E-state index contributed by atoms with van der Waals surface area (Å²) in [4.78, 5) is 28.5. The third kappa shape index (κ3) is 3.48. The summed E-state index contributed by atoms with van der Waals surface area (Å²) in [7, 11) is 5.73. The molecule has 144 valence electrons. The largest absolute Gasteiger partial charge is 0.348 e. The van der Waals surface area contributed by atoms with E-state index in [0.29, 0.717) is 6.54 Å². The van der Waals surface area contributed by atoms with E-state index in [4.69, 9.17) is 4.98 Å². The summed E-state index contributed by atoms with van der Waals surface area (Å²) in [5.41, 5.74) is 4.77. The van der Waals surface area contributed by atoms with Crippen LogP contribution in [0.5, 0.6) is 0 Å². The molecule has 0 aliphatic heterocycles. The van der Waals surface area contributed by atoms with Crippen LogP contribution in [0, 0.1) is 0 Å². The normalized spacial score (nSPS) is 12.8. The number of hydrogen-bond donors (Lipinski definition) is 1. The molecule has 1 aromatic carbocycles. The molecule has 1 N–H and O–H groups in total. The van der Waals surface area contributed by atoms with Gasteiger partial charge in [0.15, 0.2) is 0 Å². The lowest BCUT2D eigenvalue weighted by atomic mass is 10.1. The first-order chi connectivity index (χ1) is 13.4. The Kier molecular flexibility index (Phi) is 4.82. The molecule has 4 aromatic rings.